The van der Waals surface area contributed by atoms with Crippen molar-refractivity contribution in [3.63, 3.8) is 0 Å². The summed E-state index contributed by atoms with van der Waals surface area (Å²) in [7, 11) is 4.91. The van der Waals surface area contributed by atoms with Gasteiger partial charge in [0, 0.05) is 65.5 Å². The van der Waals surface area contributed by atoms with Gasteiger partial charge in [-0.15, -0.1) is 0 Å². The number of benzene rings is 1. The van der Waals surface area contributed by atoms with Crippen LogP contribution in [-0.4, -0.2) is 94.8 Å². The number of anilines is 3. The molecule has 2 aromatic heterocycles. The zero-order valence-corrected chi connectivity index (χ0v) is 23.7. The van der Waals surface area contributed by atoms with Crippen LogP contribution in [0.4, 0.5) is 17.2 Å². The van der Waals surface area contributed by atoms with Gasteiger partial charge in [-0.05, 0) is 25.1 Å². The van der Waals surface area contributed by atoms with Gasteiger partial charge in [0.05, 0.1) is 29.6 Å². The number of rotatable bonds is 12. The van der Waals surface area contributed by atoms with E-state index in [0.717, 1.165) is 32.7 Å². The highest BCUT2D eigenvalue weighted by atomic mass is 16.5. The maximum absolute atomic E-state index is 12.8. The minimum atomic E-state index is -0.313. The van der Waals surface area contributed by atoms with Crippen LogP contribution in [-0.2, 0) is 11.8 Å². The van der Waals surface area contributed by atoms with Gasteiger partial charge >= 0.3 is 0 Å². The fourth-order valence-corrected chi connectivity index (χ4v) is 4.67. The van der Waals surface area contributed by atoms with Gasteiger partial charge < -0.3 is 30.5 Å². The Bertz CT molecular complexity index is 1300. The van der Waals surface area contributed by atoms with Crippen molar-refractivity contribution in [3.05, 3.63) is 42.4 Å². The van der Waals surface area contributed by atoms with Crippen molar-refractivity contribution in [1.82, 2.24) is 34.9 Å². The molecule has 40 heavy (non-hydrogen) atoms. The third-order valence-corrected chi connectivity index (χ3v) is 6.92. The van der Waals surface area contributed by atoms with Crippen LogP contribution >= 0.6 is 0 Å². The van der Waals surface area contributed by atoms with Gasteiger partial charge in [0.2, 0.25) is 5.91 Å². The number of methoxy groups -OCH3 is 1. The Morgan fingerprint density at radius 1 is 1.05 bits per heavy atom. The summed E-state index contributed by atoms with van der Waals surface area (Å²) in [5.74, 6) is 0.951. The molecule has 12 heteroatoms. The van der Waals surface area contributed by atoms with Crippen molar-refractivity contribution in [1.29, 1.82) is 0 Å². The number of aromatic nitrogens is 4. The van der Waals surface area contributed by atoms with Crippen LogP contribution < -0.4 is 20.7 Å². The number of carbonyl (C=O) groups is 2. The number of nitrogens with zero attached hydrogens (tertiary/aromatic N) is 6. The highest BCUT2D eigenvalue weighted by Gasteiger charge is 2.20. The smallest absolute Gasteiger partial charge is 0.254 e. The lowest BCUT2D eigenvalue weighted by Crippen LogP contribution is -2.47. The summed E-state index contributed by atoms with van der Waals surface area (Å²) >= 11 is 0. The van der Waals surface area contributed by atoms with Gasteiger partial charge in [0.25, 0.3) is 5.91 Å². The number of hydrogen-bond acceptors (Lipinski definition) is 9. The number of piperazine rings is 1. The molecule has 0 spiro atoms. The molecule has 1 aliphatic rings. The fraction of sp³-hybridized carbons (Fsp3) is 0.464. The van der Waals surface area contributed by atoms with Gasteiger partial charge in [-0.1, -0.05) is 19.4 Å². The minimum absolute atomic E-state index is 0.125. The molecule has 1 aromatic carbocycles. The molecule has 1 saturated heterocycles. The first kappa shape index (κ1) is 29.0. The molecule has 4 rings (SSSR count). The van der Waals surface area contributed by atoms with Gasteiger partial charge in [-0.25, -0.2) is 9.97 Å². The summed E-state index contributed by atoms with van der Waals surface area (Å²) in [6.45, 7) is 8.08. The quantitative estimate of drug-likeness (QED) is 0.312. The first-order chi connectivity index (χ1) is 19.4. The molecule has 3 N–H and O–H groups in total. The van der Waals surface area contributed by atoms with E-state index >= 15 is 0 Å². The molecule has 0 atom stereocenters. The highest BCUT2D eigenvalue weighted by Crippen LogP contribution is 2.37. The molecule has 214 valence electrons. The Morgan fingerprint density at radius 2 is 1.80 bits per heavy atom. The fourth-order valence-electron chi connectivity index (χ4n) is 4.67. The molecular formula is C28H39N9O3. The number of para-hydroxylation sites is 1. The van der Waals surface area contributed by atoms with E-state index in [4.69, 9.17) is 4.74 Å². The van der Waals surface area contributed by atoms with Crippen LogP contribution in [0.3, 0.4) is 0 Å². The van der Waals surface area contributed by atoms with Crippen molar-refractivity contribution in [2.75, 3.05) is 64.1 Å². The predicted octanol–water partition coefficient (Wildman–Crippen LogP) is 2.74. The van der Waals surface area contributed by atoms with Crippen molar-refractivity contribution < 1.29 is 14.3 Å². The topological polar surface area (TPSA) is 130 Å². The van der Waals surface area contributed by atoms with E-state index in [1.165, 1.54) is 19.0 Å². The van der Waals surface area contributed by atoms with Crippen LogP contribution in [0.5, 0.6) is 5.75 Å². The first-order valence-electron chi connectivity index (χ1n) is 13.7. The lowest BCUT2D eigenvalue weighted by atomic mass is 10.1. The van der Waals surface area contributed by atoms with Crippen LogP contribution in [0.25, 0.3) is 11.4 Å². The van der Waals surface area contributed by atoms with Crippen LogP contribution in [0.1, 0.15) is 36.5 Å². The molecule has 3 heterocycles. The zero-order chi connectivity index (χ0) is 28.5. The second-order valence-corrected chi connectivity index (χ2v) is 9.78. The predicted molar refractivity (Wildman–Crippen MR) is 155 cm³/mol. The molecule has 0 aliphatic carbocycles. The summed E-state index contributed by atoms with van der Waals surface area (Å²) in [6, 6.07) is 7.20. The summed E-state index contributed by atoms with van der Waals surface area (Å²) < 4.78 is 7.32. The van der Waals surface area contributed by atoms with E-state index in [1.54, 1.807) is 38.3 Å². The van der Waals surface area contributed by atoms with E-state index < -0.39 is 0 Å². The Balaban J connectivity index is 1.45. The van der Waals surface area contributed by atoms with E-state index in [9.17, 15) is 9.59 Å². The molecule has 0 radical (unpaired) electrons. The Morgan fingerprint density at radius 3 is 2.45 bits per heavy atom. The van der Waals surface area contributed by atoms with Crippen molar-refractivity contribution >= 4 is 29.0 Å². The molecule has 0 unspecified atom stereocenters. The summed E-state index contributed by atoms with van der Waals surface area (Å²) in [5, 5.41) is 13.2. The number of carbonyl (C=O) groups excluding carboxylic acids is 2. The normalized spacial score (nSPS) is 14.1. The molecule has 3 aromatic rings. The Hall–Kier alpha value is -4.03. The van der Waals surface area contributed by atoms with Gasteiger partial charge in [-0.3, -0.25) is 14.3 Å². The molecule has 1 fully saturated rings. The number of pyridine rings is 1. The monoisotopic (exact) mass is 549 g/mol. The maximum Gasteiger partial charge on any atom is 0.254 e. The SMILES string of the molecule is CCCCN1CCN(CCC(=O)Nc2cc(Nc3cccc(-c4ncn(C)n4)c3OC)c(C(=O)NC)cn2)CC1. The highest BCUT2D eigenvalue weighted by molar-refractivity contribution is 6.01. The number of nitrogens with one attached hydrogen (secondary N) is 3. The van der Waals surface area contributed by atoms with Gasteiger partial charge in [0.15, 0.2) is 11.6 Å². The van der Waals surface area contributed by atoms with Crippen molar-refractivity contribution in [3.8, 4) is 17.1 Å². The molecule has 0 saturated carbocycles. The molecule has 12 nitrogen and oxygen atoms in total. The maximum atomic E-state index is 12.8. The van der Waals surface area contributed by atoms with Crippen LogP contribution in [0, 0.1) is 0 Å². The lowest BCUT2D eigenvalue weighted by Gasteiger charge is -2.34. The van der Waals surface area contributed by atoms with E-state index in [1.807, 2.05) is 18.2 Å². The summed E-state index contributed by atoms with van der Waals surface area (Å²) in [4.78, 5) is 38.9. The first-order valence-corrected chi connectivity index (χ1v) is 13.7. The third kappa shape index (κ3) is 7.33. The number of amides is 2. The van der Waals surface area contributed by atoms with Crippen LogP contribution in [0.15, 0.2) is 36.8 Å². The number of unbranched alkanes of at least 4 members (excludes halogenated alkanes) is 1. The molecular weight excluding hydrogens is 510 g/mol. The van der Waals surface area contributed by atoms with E-state index in [-0.39, 0.29) is 11.8 Å². The van der Waals surface area contributed by atoms with Gasteiger partial charge in [0.1, 0.15) is 12.1 Å². The van der Waals surface area contributed by atoms with Crippen molar-refractivity contribution in [2.45, 2.75) is 26.2 Å². The van der Waals surface area contributed by atoms with Crippen molar-refractivity contribution in [2.24, 2.45) is 7.05 Å². The third-order valence-electron chi connectivity index (χ3n) is 6.92. The average molecular weight is 550 g/mol. The van der Waals surface area contributed by atoms with Gasteiger partial charge in [-0.2, -0.15) is 5.10 Å². The van der Waals surface area contributed by atoms with E-state index in [0.29, 0.717) is 52.9 Å². The molecule has 2 amide bonds. The average Bonchev–Trinajstić information content (AvgIpc) is 3.41. The zero-order valence-electron chi connectivity index (χ0n) is 23.7. The standard InChI is InChI=1S/C28H39N9O3/c1-5-6-11-36-13-15-37(16-14-36)12-10-25(38)33-24-17-23(21(18-30-24)28(39)29-2)32-22-9-7-8-20(26(22)40-4)27-31-19-35(3)34-27/h7-9,17-19H,5-6,10-16H2,1-4H3,(H,29,39)(H2,30,32,33,38). The molecule has 0 bridgehead atoms. The number of aryl methyl sites for hydroxylation is 1. The Kier molecular flexibility index (Phi) is 10.0. The Labute approximate surface area is 235 Å². The minimum Gasteiger partial charge on any atom is -0.494 e. The van der Waals surface area contributed by atoms with Crippen LogP contribution in [0.2, 0.25) is 0 Å². The van der Waals surface area contributed by atoms with E-state index in [2.05, 4.69) is 47.7 Å². The summed E-state index contributed by atoms with van der Waals surface area (Å²) in [6.07, 6.45) is 5.86. The summed E-state index contributed by atoms with van der Waals surface area (Å²) in [5.41, 5.74) is 2.10. The lowest BCUT2D eigenvalue weighted by molar-refractivity contribution is -0.116. The molecule has 1 aliphatic heterocycles. The number of hydrogen-bond donors (Lipinski definition) is 3. The largest absolute Gasteiger partial charge is 0.494 e. The second kappa shape index (κ2) is 13.9. The second-order valence-electron chi connectivity index (χ2n) is 9.78. The number of ether oxygens (including phenoxy) is 1.